The van der Waals surface area contributed by atoms with E-state index in [9.17, 15) is 8.78 Å². The Balaban J connectivity index is 2.91. The van der Waals surface area contributed by atoms with E-state index < -0.39 is 11.6 Å². The van der Waals surface area contributed by atoms with Crippen molar-refractivity contribution in [1.82, 2.24) is 4.98 Å². The second-order valence-electron chi connectivity index (χ2n) is 2.92. The zero-order valence-electron chi connectivity index (χ0n) is 7.72. The van der Waals surface area contributed by atoms with Gasteiger partial charge in [-0.1, -0.05) is 0 Å². The highest BCUT2D eigenvalue weighted by Crippen LogP contribution is 2.30. The van der Waals surface area contributed by atoms with Crippen molar-refractivity contribution in [3.05, 3.63) is 33.7 Å². The first-order valence-electron chi connectivity index (χ1n) is 4.10. The molecule has 1 heterocycles. The molecular formula is C10H6F2INO. The van der Waals surface area contributed by atoms with Gasteiger partial charge in [0.25, 0.3) is 0 Å². The van der Waals surface area contributed by atoms with Gasteiger partial charge in [0.1, 0.15) is 0 Å². The summed E-state index contributed by atoms with van der Waals surface area (Å²) in [6, 6.07) is 1.47. The highest BCUT2D eigenvalue weighted by atomic mass is 127. The summed E-state index contributed by atoms with van der Waals surface area (Å²) in [7, 11) is 1.30. The number of fused-ring (bicyclic) bond motifs is 1. The number of rotatable bonds is 1. The number of methoxy groups -OCH3 is 1. The summed E-state index contributed by atoms with van der Waals surface area (Å²) < 4.78 is 32.4. The Labute approximate surface area is 98.4 Å². The van der Waals surface area contributed by atoms with E-state index in [1.54, 1.807) is 6.20 Å². The second kappa shape index (κ2) is 3.88. The van der Waals surface area contributed by atoms with Gasteiger partial charge in [0.15, 0.2) is 11.6 Å². The fraction of sp³-hybridized carbons (Fsp3) is 0.100. The molecule has 0 aliphatic carbocycles. The van der Waals surface area contributed by atoms with Gasteiger partial charge in [-0.2, -0.15) is 4.39 Å². The Morgan fingerprint density at radius 2 is 1.93 bits per heavy atom. The number of nitrogens with zero attached hydrogens (tertiary/aromatic N) is 1. The largest absolute Gasteiger partial charge is 0.494 e. The van der Waals surface area contributed by atoms with Crippen LogP contribution in [-0.2, 0) is 0 Å². The van der Waals surface area contributed by atoms with Gasteiger partial charge < -0.3 is 4.74 Å². The molecule has 0 aliphatic heterocycles. The summed E-state index contributed by atoms with van der Waals surface area (Å²) in [6.07, 6.45) is 2.88. The number of benzene rings is 1. The minimum absolute atomic E-state index is 0.0934. The van der Waals surface area contributed by atoms with Crippen LogP contribution in [0.3, 0.4) is 0 Å². The third-order valence-electron chi connectivity index (χ3n) is 2.08. The number of halogens is 3. The van der Waals surface area contributed by atoms with Crippen LogP contribution in [0.15, 0.2) is 18.5 Å². The predicted octanol–water partition coefficient (Wildman–Crippen LogP) is 3.13. The number of hydrogen-bond donors (Lipinski definition) is 0. The second-order valence-corrected chi connectivity index (χ2v) is 4.09. The Hall–Kier alpha value is -0.980. The van der Waals surface area contributed by atoms with Gasteiger partial charge in [-0.15, -0.1) is 0 Å². The minimum Gasteiger partial charge on any atom is -0.494 e. The molecule has 0 N–H and O–H groups in total. The van der Waals surface area contributed by atoms with Crippen molar-refractivity contribution in [2.24, 2.45) is 0 Å². The standard InChI is InChI=1S/C10H6F2INO/c1-15-8-2-5-6(9(11)10(8)12)3-14-4-7(5)13/h2-4H,1H3. The van der Waals surface area contributed by atoms with Crippen LogP contribution < -0.4 is 4.74 Å². The molecule has 0 amide bonds. The number of ether oxygens (including phenoxy) is 1. The first-order valence-corrected chi connectivity index (χ1v) is 5.18. The maximum atomic E-state index is 13.5. The molecule has 0 atom stereocenters. The van der Waals surface area contributed by atoms with E-state index in [1.807, 2.05) is 22.6 Å². The number of hydrogen-bond acceptors (Lipinski definition) is 2. The molecule has 0 saturated carbocycles. The van der Waals surface area contributed by atoms with Gasteiger partial charge in [0.2, 0.25) is 5.82 Å². The first-order chi connectivity index (χ1) is 7.15. The van der Waals surface area contributed by atoms with Gasteiger partial charge >= 0.3 is 0 Å². The van der Waals surface area contributed by atoms with Crippen molar-refractivity contribution >= 4 is 33.4 Å². The molecule has 1 aromatic carbocycles. The topological polar surface area (TPSA) is 22.1 Å². The predicted molar refractivity (Wildman–Crippen MR) is 60.9 cm³/mol. The van der Waals surface area contributed by atoms with Crippen LogP contribution in [0, 0.1) is 15.2 Å². The molecule has 78 valence electrons. The van der Waals surface area contributed by atoms with E-state index >= 15 is 0 Å². The average Bonchev–Trinajstić information content (AvgIpc) is 2.24. The molecule has 2 rings (SSSR count). The Morgan fingerprint density at radius 1 is 1.20 bits per heavy atom. The van der Waals surface area contributed by atoms with Crippen molar-refractivity contribution in [2.45, 2.75) is 0 Å². The van der Waals surface area contributed by atoms with Gasteiger partial charge in [-0.05, 0) is 28.7 Å². The number of aromatic nitrogens is 1. The van der Waals surface area contributed by atoms with Gasteiger partial charge in [0.05, 0.1) is 7.11 Å². The summed E-state index contributed by atoms with van der Waals surface area (Å²) >= 11 is 2.01. The summed E-state index contributed by atoms with van der Waals surface area (Å²) in [5.41, 5.74) is 0. The van der Waals surface area contributed by atoms with E-state index in [-0.39, 0.29) is 11.1 Å². The highest BCUT2D eigenvalue weighted by molar-refractivity contribution is 14.1. The normalized spacial score (nSPS) is 10.7. The first kappa shape index (κ1) is 10.5. The Bertz CT molecular complexity index is 530. The molecule has 0 unspecified atom stereocenters. The maximum Gasteiger partial charge on any atom is 0.201 e. The van der Waals surface area contributed by atoms with Crippen molar-refractivity contribution in [3.8, 4) is 5.75 Å². The number of pyridine rings is 1. The smallest absolute Gasteiger partial charge is 0.201 e. The summed E-state index contributed by atoms with van der Waals surface area (Å²) in [4.78, 5) is 3.81. The lowest BCUT2D eigenvalue weighted by atomic mass is 10.1. The van der Waals surface area contributed by atoms with Crippen LogP contribution in [0.4, 0.5) is 8.78 Å². The minimum atomic E-state index is -0.978. The quantitative estimate of drug-likeness (QED) is 0.753. The van der Waals surface area contributed by atoms with Crippen molar-refractivity contribution in [3.63, 3.8) is 0 Å². The van der Waals surface area contributed by atoms with E-state index in [1.165, 1.54) is 19.4 Å². The van der Waals surface area contributed by atoms with E-state index in [0.29, 0.717) is 5.39 Å². The third kappa shape index (κ3) is 1.64. The molecule has 2 aromatic rings. The molecule has 5 heteroatoms. The molecule has 1 aromatic heterocycles. The van der Waals surface area contributed by atoms with E-state index in [2.05, 4.69) is 4.98 Å². The molecular weight excluding hydrogens is 315 g/mol. The van der Waals surface area contributed by atoms with Crippen LogP contribution in [-0.4, -0.2) is 12.1 Å². The average molecular weight is 321 g/mol. The fourth-order valence-corrected chi connectivity index (χ4v) is 1.94. The SMILES string of the molecule is COc1cc2c(I)cncc2c(F)c1F. The van der Waals surface area contributed by atoms with Gasteiger partial charge in [-0.3, -0.25) is 4.98 Å². The lowest BCUT2D eigenvalue weighted by Gasteiger charge is -2.06. The zero-order valence-corrected chi connectivity index (χ0v) is 9.88. The van der Waals surface area contributed by atoms with E-state index in [0.717, 1.165) is 3.57 Å². The molecule has 0 fully saturated rings. The molecule has 2 nitrogen and oxygen atoms in total. The van der Waals surface area contributed by atoms with Crippen LogP contribution in [0.2, 0.25) is 0 Å². The summed E-state index contributed by atoms with van der Waals surface area (Å²) in [6.45, 7) is 0. The monoisotopic (exact) mass is 321 g/mol. The van der Waals surface area contributed by atoms with Crippen LogP contribution in [0.1, 0.15) is 0 Å². The lowest BCUT2D eigenvalue weighted by molar-refractivity contribution is 0.374. The van der Waals surface area contributed by atoms with Gasteiger partial charge in [-0.25, -0.2) is 4.39 Å². The van der Waals surface area contributed by atoms with Crippen molar-refractivity contribution in [2.75, 3.05) is 7.11 Å². The Kier molecular flexibility index (Phi) is 2.72. The van der Waals surface area contributed by atoms with Gasteiger partial charge in [0, 0.05) is 26.7 Å². The van der Waals surface area contributed by atoms with Crippen LogP contribution in [0.5, 0.6) is 5.75 Å². The molecule has 0 spiro atoms. The summed E-state index contributed by atoms with van der Waals surface area (Å²) in [5, 5.41) is 0.765. The molecule has 0 saturated heterocycles. The van der Waals surface area contributed by atoms with Crippen molar-refractivity contribution in [1.29, 1.82) is 0 Å². The third-order valence-corrected chi connectivity index (χ3v) is 2.94. The Morgan fingerprint density at radius 3 is 2.60 bits per heavy atom. The zero-order chi connectivity index (χ0) is 11.0. The van der Waals surface area contributed by atoms with E-state index in [4.69, 9.17) is 4.74 Å². The molecule has 15 heavy (non-hydrogen) atoms. The van der Waals surface area contributed by atoms with Crippen LogP contribution >= 0.6 is 22.6 Å². The van der Waals surface area contributed by atoms with Crippen molar-refractivity contribution < 1.29 is 13.5 Å². The fourth-order valence-electron chi connectivity index (χ4n) is 1.34. The molecule has 0 aliphatic rings. The van der Waals surface area contributed by atoms with Crippen LogP contribution in [0.25, 0.3) is 10.8 Å². The highest BCUT2D eigenvalue weighted by Gasteiger charge is 2.15. The maximum absolute atomic E-state index is 13.5. The molecule has 0 bridgehead atoms. The molecule has 0 radical (unpaired) electrons. The summed E-state index contributed by atoms with van der Waals surface area (Å²) in [5.74, 6) is -1.99. The lowest BCUT2D eigenvalue weighted by Crippen LogP contribution is -1.95.